The Morgan fingerprint density at radius 1 is 0.611 bits per heavy atom. The average molecular weight is 248 g/mol. The van der Waals surface area contributed by atoms with Gasteiger partial charge < -0.3 is 0 Å². The maximum atomic E-state index is 2.44. The highest BCUT2D eigenvalue weighted by Crippen LogP contribution is 2.47. The summed E-state index contributed by atoms with van der Waals surface area (Å²) in [6.45, 7) is 4.86. The molecule has 0 aliphatic heterocycles. The fraction of sp³-hybridized carbons (Fsp3) is 1.00. The topological polar surface area (TPSA) is 0 Å². The van der Waals surface area contributed by atoms with Gasteiger partial charge in [0.15, 0.2) is 0 Å². The minimum atomic E-state index is 1.06. The summed E-state index contributed by atoms with van der Waals surface area (Å²) in [6, 6.07) is 0. The molecule has 104 valence electrons. The molecule has 0 nitrogen and oxygen atoms in total. The summed E-state index contributed by atoms with van der Waals surface area (Å²) in [7, 11) is 0. The fourth-order valence-electron chi connectivity index (χ4n) is 5.73. The molecule has 5 unspecified atom stereocenters. The molecule has 18 heavy (non-hydrogen) atoms. The molecule has 0 heteroatoms. The van der Waals surface area contributed by atoms with Gasteiger partial charge in [0.1, 0.15) is 0 Å². The lowest BCUT2D eigenvalue weighted by Crippen LogP contribution is -2.04. The van der Waals surface area contributed by atoms with E-state index in [0.717, 1.165) is 35.5 Å². The molecular formula is C18H32. The molecular weight excluding hydrogens is 216 g/mol. The van der Waals surface area contributed by atoms with Crippen molar-refractivity contribution in [3.63, 3.8) is 0 Å². The van der Waals surface area contributed by atoms with Gasteiger partial charge in [0, 0.05) is 0 Å². The predicted molar refractivity (Wildman–Crippen MR) is 78.5 cm³/mol. The van der Waals surface area contributed by atoms with Crippen LogP contribution in [0.3, 0.4) is 0 Å². The maximum absolute atomic E-state index is 2.44. The highest BCUT2D eigenvalue weighted by molar-refractivity contribution is 4.87. The zero-order valence-electron chi connectivity index (χ0n) is 12.5. The molecule has 0 aromatic carbocycles. The van der Waals surface area contributed by atoms with Crippen molar-refractivity contribution in [2.45, 2.75) is 78.1 Å². The zero-order valence-corrected chi connectivity index (χ0v) is 12.5. The van der Waals surface area contributed by atoms with Crippen LogP contribution in [0.5, 0.6) is 0 Å². The summed E-state index contributed by atoms with van der Waals surface area (Å²) in [5.74, 6) is 6.72. The van der Waals surface area contributed by atoms with Crippen LogP contribution in [0.15, 0.2) is 0 Å². The quantitative estimate of drug-likeness (QED) is 0.518. The Morgan fingerprint density at radius 2 is 1.22 bits per heavy atom. The van der Waals surface area contributed by atoms with Crippen molar-refractivity contribution >= 4 is 0 Å². The average Bonchev–Trinajstić information content (AvgIpc) is 3.02. The van der Waals surface area contributed by atoms with Gasteiger partial charge in [-0.05, 0) is 61.2 Å². The van der Waals surface area contributed by atoms with Crippen LogP contribution in [0.4, 0.5) is 0 Å². The van der Waals surface area contributed by atoms with Crippen LogP contribution in [0.2, 0.25) is 0 Å². The summed E-state index contributed by atoms with van der Waals surface area (Å²) >= 11 is 0. The molecule has 0 spiro atoms. The molecule has 0 N–H and O–H groups in total. The van der Waals surface area contributed by atoms with Crippen LogP contribution in [-0.4, -0.2) is 0 Å². The number of rotatable bonds is 0. The Balaban J connectivity index is 0.000000111. The lowest BCUT2D eigenvalue weighted by Gasteiger charge is -2.11. The van der Waals surface area contributed by atoms with Gasteiger partial charge in [0.05, 0.1) is 0 Å². The smallest absolute Gasteiger partial charge is 0.0360 e. The Kier molecular flexibility index (Phi) is 4.01. The van der Waals surface area contributed by atoms with Crippen molar-refractivity contribution in [3.8, 4) is 0 Å². The molecule has 4 aliphatic carbocycles. The van der Waals surface area contributed by atoms with Gasteiger partial charge >= 0.3 is 0 Å². The van der Waals surface area contributed by atoms with Gasteiger partial charge in [-0.25, -0.2) is 0 Å². The van der Waals surface area contributed by atoms with Gasteiger partial charge in [0.2, 0.25) is 0 Å². The molecule has 0 bridgehead atoms. The van der Waals surface area contributed by atoms with Crippen LogP contribution in [-0.2, 0) is 0 Å². The van der Waals surface area contributed by atoms with Crippen LogP contribution in [0.25, 0.3) is 0 Å². The van der Waals surface area contributed by atoms with Crippen LogP contribution in [0.1, 0.15) is 78.1 Å². The Morgan fingerprint density at radius 3 is 1.89 bits per heavy atom. The zero-order chi connectivity index (χ0) is 12.5. The first kappa shape index (κ1) is 13.0. The van der Waals surface area contributed by atoms with Crippen molar-refractivity contribution in [1.82, 2.24) is 0 Å². The lowest BCUT2D eigenvalue weighted by molar-refractivity contribution is 0.376. The Labute approximate surface area is 114 Å². The van der Waals surface area contributed by atoms with Gasteiger partial charge in [-0.1, -0.05) is 52.4 Å². The van der Waals surface area contributed by atoms with E-state index in [9.17, 15) is 0 Å². The van der Waals surface area contributed by atoms with E-state index in [1.165, 1.54) is 19.3 Å². The molecule has 0 aromatic rings. The lowest BCUT2D eigenvalue weighted by atomic mass is 9.94. The second kappa shape index (κ2) is 5.55. The van der Waals surface area contributed by atoms with E-state index < -0.39 is 0 Å². The molecule has 4 fully saturated rings. The van der Waals surface area contributed by atoms with E-state index in [2.05, 4.69) is 13.8 Å². The first-order valence-electron chi connectivity index (χ1n) is 8.74. The summed E-state index contributed by atoms with van der Waals surface area (Å²) in [6.07, 6.45) is 15.4. The van der Waals surface area contributed by atoms with Crippen LogP contribution < -0.4 is 0 Å². The second-order valence-electron chi connectivity index (χ2n) is 7.94. The normalized spacial score (nSPS) is 49.7. The van der Waals surface area contributed by atoms with Crippen molar-refractivity contribution in [1.29, 1.82) is 0 Å². The molecule has 4 aliphatic rings. The third kappa shape index (κ3) is 2.63. The predicted octanol–water partition coefficient (Wildman–Crippen LogP) is 5.67. The molecule has 0 amide bonds. The van der Waals surface area contributed by atoms with Crippen molar-refractivity contribution in [3.05, 3.63) is 0 Å². The number of hydrogen-bond donors (Lipinski definition) is 0. The minimum Gasteiger partial charge on any atom is -0.0625 e. The molecule has 0 saturated heterocycles. The van der Waals surface area contributed by atoms with Crippen LogP contribution in [0, 0.1) is 35.5 Å². The highest BCUT2D eigenvalue weighted by atomic mass is 14.4. The van der Waals surface area contributed by atoms with E-state index in [4.69, 9.17) is 0 Å². The van der Waals surface area contributed by atoms with E-state index in [1.54, 1.807) is 44.9 Å². The van der Waals surface area contributed by atoms with Crippen molar-refractivity contribution < 1.29 is 0 Å². The third-order valence-corrected chi connectivity index (χ3v) is 6.67. The van der Waals surface area contributed by atoms with Crippen molar-refractivity contribution in [2.75, 3.05) is 0 Å². The van der Waals surface area contributed by atoms with Crippen LogP contribution >= 0.6 is 0 Å². The van der Waals surface area contributed by atoms with Gasteiger partial charge in [-0.3, -0.25) is 0 Å². The maximum Gasteiger partial charge on any atom is -0.0360 e. The summed E-state index contributed by atoms with van der Waals surface area (Å²) < 4.78 is 0. The molecule has 5 atom stereocenters. The third-order valence-electron chi connectivity index (χ3n) is 6.67. The number of hydrogen-bond acceptors (Lipinski definition) is 0. The van der Waals surface area contributed by atoms with E-state index >= 15 is 0 Å². The Hall–Kier alpha value is 0. The van der Waals surface area contributed by atoms with Gasteiger partial charge in [-0.15, -0.1) is 0 Å². The summed E-state index contributed by atoms with van der Waals surface area (Å²) in [5, 5.41) is 0. The fourth-order valence-corrected chi connectivity index (χ4v) is 5.73. The molecule has 4 rings (SSSR count). The standard InChI is InChI=1S/2C9H16/c1-7-5-8-3-2-4-9(8)6-7;1-7-5-6-8-3-2-4-9(7)8/h2*7-9H,2-6H2,1H3. The highest BCUT2D eigenvalue weighted by Gasteiger charge is 2.36. The first-order chi connectivity index (χ1) is 8.74. The first-order valence-corrected chi connectivity index (χ1v) is 8.74. The molecule has 4 saturated carbocycles. The SMILES string of the molecule is CC1CC2CCCC2C1.CC1CCC2CCCC12. The van der Waals surface area contributed by atoms with E-state index in [-0.39, 0.29) is 0 Å². The van der Waals surface area contributed by atoms with Crippen molar-refractivity contribution in [2.24, 2.45) is 35.5 Å². The molecule has 0 radical (unpaired) electrons. The minimum absolute atomic E-state index is 1.06. The van der Waals surface area contributed by atoms with E-state index in [0.29, 0.717) is 0 Å². The van der Waals surface area contributed by atoms with Gasteiger partial charge in [0.25, 0.3) is 0 Å². The monoisotopic (exact) mass is 248 g/mol. The second-order valence-corrected chi connectivity index (χ2v) is 7.94. The molecule has 0 heterocycles. The summed E-state index contributed by atoms with van der Waals surface area (Å²) in [5.41, 5.74) is 0. The largest absolute Gasteiger partial charge is 0.0625 e. The number of fused-ring (bicyclic) bond motifs is 2. The van der Waals surface area contributed by atoms with E-state index in [1.807, 2.05) is 0 Å². The van der Waals surface area contributed by atoms with Gasteiger partial charge in [-0.2, -0.15) is 0 Å². The Bertz CT molecular complexity index is 257. The molecule has 0 aromatic heterocycles. The summed E-state index contributed by atoms with van der Waals surface area (Å²) in [4.78, 5) is 0.